The van der Waals surface area contributed by atoms with Gasteiger partial charge in [0.15, 0.2) is 0 Å². The minimum Gasteiger partial charge on any atom is -0.356 e. The van der Waals surface area contributed by atoms with E-state index in [1.54, 1.807) is 0 Å². The Morgan fingerprint density at radius 1 is 0.295 bits per heavy atom. The number of unbranched alkanes of at least 4 members (excludes halogenated alkanes) is 30. The molecule has 262 valence electrons. The predicted molar refractivity (Wildman–Crippen MR) is 200 cm³/mol. The van der Waals surface area contributed by atoms with Gasteiger partial charge >= 0.3 is 0 Å². The van der Waals surface area contributed by atoms with Gasteiger partial charge in [0.05, 0.1) is 0 Å². The highest BCUT2D eigenvalue weighted by molar-refractivity contribution is 4.97. The van der Waals surface area contributed by atoms with Crippen molar-refractivity contribution in [3.05, 3.63) is 12.4 Å². The van der Waals surface area contributed by atoms with Gasteiger partial charge in [0, 0.05) is 25.5 Å². The quantitative estimate of drug-likeness (QED) is 0.0646. The van der Waals surface area contributed by atoms with Gasteiger partial charge in [-0.1, -0.05) is 213 Å². The molecule has 0 aromatic carbocycles. The first-order valence-corrected chi connectivity index (χ1v) is 21.0. The molecule has 1 atom stereocenters. The number of rotatable bonds is 36. The summed E-state index contributed by atoms with van der Waals surface area (Å²) in [6, 6.07) is 0. The Balaban J connectivity index is 2.05. The van der Waals surface area contributed by atoms with Crippen LogP contribution in [0.2, 0.25) is 0 Å². The van der Waals surface area contributed by atoms with Crippen LogP contribution >= 0.6 is 0 Å². The van der Waals surface area contributed by atoms with Crippen molar-refractivity contribution >= 4 is 0 Å². The minimum atomic E-state index is 0.639. The Kier molecular flexibility index (Phi) is 31.7. The van der Waals surface area contributed by atoms with E-state index >= 15 is 0 Å². The molecule has 1 rings (SSSR count). The van der Waals surface area contributed by atoms with E-state index in [9.17, 15) is 0 Å². The van der Waals surface area contributed by atoms with E-state index in [-0.39, 0.29) is 0 Å². The summed E-state index contributed by atoms with van der Waals surface area (Å²) in [6.45, 7) is 9.49. The van der Waals surface area contributed by atoms with Crippen molar-refractivity contribution in [1.82, 2.24) is 9.80 Å². The molecule has 0 saturated heterocycles. The van der Waals surface area contributed by atoms with Crippen molar-refractivity contribution in [2.24, 2.45) is 0 Å². The molecule has 1 unspecified atom stereocenters. The topological polar surface area (TPSA) is 6.48 Å². The standard InChI is InChI=1S/C42H84N2/c1-4-7-10-13-15-17-19-21-22-23-24-25-27-29-31-33-36-39-44-41-40-43(42(44)37-34-12-9-6-3)38-35-32-30-28-26-20-18-16-14-11-8-5-2/h40-42H,4-39H2,1-3H3. The molecule has 0 amide bonds. The first-order chi connectivity index (χ1) is 21.8. The fourth-order valence-electron chi connectivity index (χ4n) is 7.25. The third-order valence-electron chi connectivity index (χ3n) is 10.3. The normalized spacial score (nSPS) is 14.8. The van der Waals surface area contributed by atoms with E-state index < -0.39 is 0 Å². The molecule has 0 spiro atoms. The van der Waals surface area contributed by atoms with Crippen molar-refractivity contribution in [3.63, 3.8) is 0 Å². The van der Waals surface area contributed by atoms with E-state index in [1.165, 1.54) is 231 Å². The molecule has 0 N–H and O–H groups in total. The van der Waals surface area contributed by atoms with Crippen LogP contribution in [0, 0.1) is 0 Å². The zero-order chi connectivity index (χ0) is 31.6. The van der Waals surface area contributed by atoms with Gasteiger partial charge < -0.3 is 9.80 Å². The third kappa shape index (κ3) is 25.5. The van der Waals surface area contributed by atoms with Crippen LogP contribution in [-0.2, 0) is 0 Å². The summed E-state index contributed by atoms with van der Waals surface area (Å²) in [4.78, 5) is 5.41. The highest BCUT2D eigenvalue weighted by atomic mass is 15.4. The van der Waals surface area contributed by atoms with E-state index in [1.807, 2.05) is 0 Å². The second-order valence-electron chi connectivity index (χ2n) is 14.6. The van der Waals surface area contributed by atoms with Gasteiger partial charge in [-0.15, -0.1) is 0 Å². The average molecular weight is 617 g/mol. The molecule has 0 aliphatic carbocycles. The Morgan fingerprint density at radius 2 is 0.523 bits per heavy atom. The average Bonchev–Trinajstić information content (AvgIpc) is 3.42. The first-order valence-electron chi connectivity index (χ1n) is 21.0. The fourth-order valence-corrected chi connectivity index (χ4v) is 7.25. The van der Waals surface area contributed by atoms with E-state index in [2.05, 4.69) is 43.0 Å². The van der Waals surface area contributed by atoms with Crippen LogP contribution in [0.4, 0.5) is 0 Å². The monoisotopic (exact) mass is 617 g/mol. The zero-order valence-electron chi connectivity index (χ0n) is 31.1. The zero-order valence-corrected chi connectivity index (χ0v) is 31.1. The summed E-state index contributed by atoms with van der Waals surface area (Å²) in [6.07, 6.45) is 54.4. The smallest absolute Gasteiger partial charge is 0.101 e. The second-order valence-corrected chi connectivity index (χ2v) is 14.6. The molecule has 0 aromatic heterocycles. The van der Waals surface area contributed by atoms with Gasteiger partial charge in [-0.3, -0.25) is 0 Å². The van der Waals surface area contributed by atoms with Crippen molar-refractivity contribution < 1.29 is 0 Å². The molecule has 2 nitrogen and oxygen atoms in total. The van der Waals surface area contributed by atoms with Crippen LogP contribution in [0.25, 0.3) is 0 Å². The molecule has 0 fully saturated rings. The molecule has 0 aromatic rings. The lowest BCUT2D eigenvalue weighted by Gasteiger charge is -2.33. The van der Waals surface area contributed by atoms with Crippen molar-refractivity contribution in [2.45, 2.75) is 245 Å². The summed E-state index contributed by atoms with van der Waals surface area (Å²) < 4.78 is 0. The van der Waals surface area contributed by atoms with Crippen molar-refractivity contribution in [1.29, 1.82) is 0 Å². The molecule has 2 heteroatoms. The van der Waals surface area contributed by atoms with Gasteiger partial charge in [-0.25, -0.2) is 0 Å². The van der Waals surface area contributed by atoms with Crippen LogP contribution in [0.3, 0.4) is 0 Å². The SMILES string of the molecule is CCCCCCCCCCCCCCCCCCCN1C=CN(CCCCCCCCCCCCCC)C1CCCCCC. The molecule has 1 heterocycles. The molecule has 0 radical (unpaired) electrons. The lowest BCUT2D eigenvalue weighted by molar-refractivity contribution is 0.135. The molecule has 1 aliphatic heterocycles. The van der Waals surface area contributed by atoms with Crippen molar-refractivity contribution in [3.8, 4) is 0 Å². The Labute approximate surface area is 280 Å². The molecule has 0 saturated carbocycles. The molecular formula is C42H84N2. The van der Waals surface area contributed by atoms with Gasteiger partial charge in [0.1, 0.15) is 6.17 Å². The third-order valence-corrected chi connectivity index (χ3v) is 10.3. The highest BCUT2D eigenvalue weighted by Gasteiger charge is 2.24. The van der Waals surface area contributed by atoms with E-state index in [0.717, 1.165) is 0 Å². The number of hydrogen-bond donors (Lipinski definition) is 0. The van der Waals surface area contributed by atoms with Crippen LogP contribution in [0.1, 0.15) is 239 Å². The Hall–Kier alpha value is -0.660. The lowest BCUT2D eigenvalue weighted by Crippen LogP contribution is -2.39. The maximum absolute atomic E-state index is 2.71. The van der Waals surface area contributed by atoms with Gasteiger partial charge in [-0.05, 0) is 25.7 Å². The number of nitrogens with zero attached hydrogens (tertiary/aromatic N) is 2. The Morgan fingerprint density at radius 3 is 0.795 bits per heavy atom. The van der Waals surface area contributed by atoms with Crippen LogP contribution < -0.4 is 0 Å². The largest absolute Gasteiger partial charge is 0.356 e. The maximum atomic E-state index is 2.71. The summed E-state index contributed by atoms with van der Waals surface area (Å²) >= 11 is 0. The van der Waals surface area contributed by atoms with Crippen LogP contribution in [0.5, 0.6) is 0 Å². The molecule has 44 heavy (non-hydrogen) atoms. The summed E-state index contributed by atoms with van der Waals surface area (Å²) in [5.74, 6) is 0. The Bertz CT molecular complexity index is 572. The van der Waals surface area contributed by atoms with Crippen molar-refractivity contribution in [2.75, 3.05) is 13.1 Å². The lowest BCUT2D eigenvalue weighted by atomic mass is 10.0. The summed E-state index contributed by atoms with van der Waals surface area (Å²) in [7, 11) is 0. The van der Waals surface area contributed by atoms with E-state index in [0.29, 0.717) is 6.17 Å². The van der Waals surface area contributed by atoms with Crippen LogP contribution in [0.15, 0.2) is 12.4 Å². The minimum absolute atomic E-state index is 0.639. The summed E-state index contributed by atoms with van der Waals surface area (Å²) in [5, 5.41) is 0. The highest BCUT2D eigenvalue weighted by Crippen LogP contribution is 2.24. The second kappa shape index (κ2) is 33.7. The van der Waals surface area contributed by atoms with Gasteiger partial charge in [0.25, 0.3) is 0 Å². The molecule has 1 aliphatic rings. The van der Waals surface area contributed by atoms with Crippen LogP contribution in [-0.4, -0.2) is 29.1 Å². The maximum Gasteiger partial charge on any atom is 0.101 e. The number of hydrogen-bond acceptors (Lipinski definition) is 2. The summed E-state index contributed by atoms with van der Waals surface area (Å²) in [5.41, 5.74) is 0. The van der Waals surface area contributed by atoms with Gasteiger partial charge in [-0.2, -0.15) is 0 Å². The van der Waals surface area contributed by atoms with Gasteiger partial charge in [0.2, 0.25) is 0 Å². The van der Waals surface area contributed by atoms with E-state index in [4.69, 9.17) is 0 Å². The molecule has 0 bridgehead atoms. The first kappa shape index (κ1) is 41.4. The fraction of sp³-hybridized carbons (Fsp3) is 0.952. The molecular weight excluding hydrogens is 532 g/mol. The predicted octanol–water partition coefficient (Wildman–Crippen LogP) is 14.7.